The minimum atomic E-state index is -0.379. The van der Waals surface area contributed by atoms with E-state index >= 15 is 0 Å². The fraction of sp³-hybridized carbons (Fsp3) is 0.300. The molecule has 2 aliphatic carbocycles. The van der Waals surface area contributed by atoms with E-state index in [2.05, 4.69) is 4.74 Å². The first-order valence-corrected chi connectivity index (χ1v) is 16.6. The average Bonchev–Trinajstić information content (AvgIpc) is 4.07. The number of likely N-dealkylation sites (tertiary alicyclic amines) is 1. The van der Waals surface area contributed by atoms with E-state index in [1.165, 1.54) is 4.90 Å². The summed E-state index contributed by atoms with van der Waals surface area (Å²) in [4.78, 5) is 49.2. The molecule has 2 saturated carbocycles. The van der Waals surface area contributed by atoms with E-state index in [-0.39, 0.29) is 59.3 Å². The molecule has 0 radical (unpaired) electrons. The normalized spacial score (nSPS) is 23.4. The van der Waals surface area contributed by atoms with Crippen LogP contribution in [-0.2, 0) is 37.0 Å². The summed E-state index contributed by atoms with van der Waals surface area (Å²) < 4.78 is 24.8. The minimum Gasteiger partial charge on any atom is -0.497 e. The van der Waals surface area contributed by atoms with E-state index < -0.39 is 0 Å². The predicted molar refractivity (Wildman–Crippen MR) is 186 cm³/mol. The summed E-state index contributed by atoms with van der Waals surface area (Å²) in [5.41, 5.74) is 9.48. The highest BCUT2D eigenvalue weighted by atomic mass is 16.6. The summed E-state index contributed by atoms with van der Waals surface area (Å²) in [7, 11) is 6.47. The second-order valence-electron chi connectivity index (χ2n) is 12.6. The topological polar surface area (TPSA) is 144 Å². The Morgan fingerprint density at radius 1 is 0.490 bits per heavy atom. The summed E-state index contributed by atoms with van der Waals surface area (Å²) in [5.74, 6) is 1.39. The minimum absolute atomic E-state index is 0.0121. The number of imide groups is 1. The Balaban J connectivity index is 0.000000147. The zero-order chi connectivity index (χ0) is 36.2. The Morgan fingerprint density at radius 2 is 0.824 bits per heavy atom. The molecular weight excluding hydrogens is 652 g/mol. The molecule has 6 atom stereocenters. The summed E-state index contributed by atoms with van der Waals surface area (Å²) in [5, 5.41) is 0. The number of rotatable bonds is 9. The third-order valence-electron chi connectivity index (χ3n) is 9.78. The zero-order valence-corrected chi connectivity index (χ0v) is 28.8. The predicted octanol–water partition coefficient (Wildman–Crippen LogP) is 4.86. The van der Waals surface area contributed by atoms with Gasteiger partial charge in [-0.15, -0.1) is 0 Å². The first-order valence-electron chi connectivity index (χ1n) is 16.6. The molecule has 4 aliphatic rings. The molecule has 2 unspecified atom stereocenters. The van der Waals surface area contributed by atoms with E-state index in [1.54, 1.807) is 28.4 Å². The van der Waals surface area contributed by atoms with Gasteiger partial charge >= 0.3 is 11.9 Å². The van der Waals surface area contributed by atoms with Crippen molar-refractivity contribution < 1.29 is 42.9 Å². The van der Waals surface area contributed by atoms with Gasteiger partial charge in [-0.2, -0.15) is 0 Å². The fourth-order valence-electron chi connectivity index (χ4n) is 6.84. The lowest BCUT2D eigenvalue weighted by molar-refractivity contribution is -0.155. The highest BCUT2D eigenvalue weighted by Crippen LogP contribution is 2.60. The number of hydrogen-bond acceptors (Lipinski definition) is 10. The molecule has 51 heavy (non-hydrogen) atoms. The van der Waals surface area contributed by atoms with Gasteiger partial charge in [0.1, 0.15) is 23.0 Å². The van der Waals surface area contributed by atoms with Crippen LogP contribution in [0.2, 0.25) is 0 Å². The second-order valence-corrected chi connectivity index (χ2v) is 12.6. The first-order chi connectivity index (χ1) is 24.7. The Morgan fingerprint density at radius 3 is 1.18 bits per heavy atom. The molecule has 2 aliphatic heterocycles. The Hall–Kier alpha value is -5.68. The number of cyclic esters (lactones) is 2. The molecule has 264 valence electrons. The second kappa shape index (κ2) is 15.1. The third-order valence-corrected chi connectivity index (χ3v) is 9.78. The van der Waals surface area contributed by atoms with E-state index in [9.17, 15) is 19.2 Å². The van der Waals surface area contributed by atoms with Crippen LogP contribution in [0.15, 0.2) is 97.1 Å². The zero-order valence-electron chi connectivity index (χ0n) is 28.8. The number of fused-ring (bicyclic) bond motifs is 2. The average molecular weight is 693 g/mol. The smallest absolute Gasteiger partial charge is 0.318 e. The number of methoxy groups -OCH3 is 4. The van der Waals surface area contributed by atoms with Crippen LogP contribution < -0.4 is 24.7 Å². The number of esters is 2. The van der Waals surface area contributed by atoms with E-state index in [1.807, 2.05) is 97.1 Å². The summed E-state index contributed by atoms with van der Waals surface area (Å²) >= 11 is 0. The molecule has 8 rings (SSSR count). The number of amides is 2. The molecule has 2 heterocycles. The Bertz CT molecular complexity index is 1810. The molecule has 11 nitrogen and oxygen atoms in total. The molecule has 0 spiro atoms. The number of piperidine rings is 1. The van der Waals surface area contributed by atoms with Crippen LogP contribution in [-0.4, -0.2) is 57.1 Å². The SMILES string of the molecule is COc1ccc(C2[C@H]3C(=O)OC(=O)[C@@H]23)cc1.COc1ccc(CN)cc1.COc1ccc(CN2C(=O)[C@@H]3C(c4ccc(OC)cc4)[C@@H]3C2=O)cc1. The monoisotopic (exact) mass is 692 g/mol. The largest absolute Gasteiger partial charge is 0.497 e. The molecule has 4 fully saturated rings. The number of hydrogen-bond donors (Lipinski definition) is 1. The first kappa shape index (κ1) is 35.2. The van der Waals surface area contributed by atoms with Crippen molar-refractivity contribution in [3.63, 3.8) is 0 Å². The van der Waals surface area contributed by atoms with Gasteiger partial charge in [0, 0.05) is 18.4 Å². The van der Waals surface area contributed by atoms with Crippen molar-refractivity contribution >= 4 is 23.8 Å². The highest BCUT2D eigenvalue weighted by molar-refractivity contribution is 6.10. The fourth-order valence-corrected chi connectivity index (χ4v) is 6.84. The van der Waals surface area contributed by atoms with Crippen molar-refractivity contribution in [1.82, 2.24) is 4.90 Å². The number of carbonyl (C=O) groups is 4. The van der Waals surface area contributed by atoms with Crippen molar-refractivity contribution in [2.45, 2.75) is 24.9 Å². The number of nitrogens with two attached hydrogens (primary N) is 1. The van der Waals surface area contributed by atoms with E-state index in [4.69, 9.17) is 24.7 Å². The van der Waals surface area contributed by atoms with Crippen molar-refractivity contribution in [3.05, 3.63) is 119 Å². The summed E-state index contributed by atoms with van der Waals surface area (Å²) in [6.45, 7) is 0.911. The van der Waals surface area contributed by atoms with Crippen molar-refractivity contribution in [2.24, 2.45) is 29.4 Å². The maximum absolute atomic E-state index is 12.6. The molecule has 4 aromatic rings. The van der Waals surface area contributed by atoms with E-state index in [0.717, 1.165) is 45.3 Å². The van der Waals surface area contributed by atoms with Crippen LogP contribution in [0.25, 0.3) is 0 Å². The Kier molecular flexibility index (Phi) is 10.4. The van der Waals surface area contributed by atoms with Gasteiger partial charge in [-0.1, -0.05) is 48.5 Å². The molecule has 2 saturated heterocycles. The van der Waals surface area contributed by atoms with Crippen LogP contribution in [0, 0.1) is 23.7 Å². The van der Waals surface area contributed by atoms with Crippen LogP contribution in [0.1, 0.15) is 34.1 Å². The van der Waals surface area contributed by atoms with Crippen LogP contribution in [0.3, 0.4) is 0 Å². The number of ether oxygens (including phenoxy) is 5. The lowest BCUT2D eigenvalue weighted by atomic mass is 10.1. The standard InChI is InChI=1S/C20H19NO4.C12H10O4.C8H11NO/c1-24-14-7-3-12(4-8-14)11-21-19(22)17-16(18(17)20(21)23)13-5-9-15(25-2)10-6-13;1-15-7-4-2-6(3-5-7)8-9-10(8)12(14)16-11(9)13;1-10-8-4-2-7(6-9)3-5-8/h3-10,16-18H,11H2,1-2H3;2-5,8-10H,1H3;2-5H,6,9H2,1H3/t16?,17-,18+;8?,9-,10+;. The third kappa shape index (κ3) is 7.29. The number of nitrogens with zero attached hydrogens (tertiary/aromatic N) is 1. The van der Waals surface area contributed by atoms with Crippen LogP contribution in [0.5, 0.6) is 23.0 Å². The lowest BCUT2D eigenvalue weighted by Crippen LogP contribution is -2.33. The van der Waals surface area contributed by atoms with Crippen molar-refractivity contribution in [2.75, 3.05) is 28.4 Å². The van der Waals surface area contributed by atoms with Gasteiger partial charge in [-0.3, -0.25) is 24.1 Å². The maximum Gasteiger partial charge on any atom is 0.318 e. The van der Waals surface area contributed by atoms with Gasteiger partial charge in [0.05, 0.1) is 58.7 Å². The molecule has 0 aromatic heterocycles. The Labute approximate surface area is 296 Å². The van der Waals surface area contributed by atoms with Gasteiger partial charge in [-0.05, 0) is 70.8 Å². The maximum atomic E-state index is 12.6. The molecule has 11 heteroatoms. The summed E-state index contributed by atoms with van der Waals surface area (Å²) in [6.07, 6.45) is 0. The van der Waals surface area contributed by atoms with E-state index in [0.29, 0.717) is 13.1 Å². The number of carbonyl (C=O) groups excluding carboxylic acids is 4. The lowest BCUT2D eigenvalue weighted by Gasteiger charge is -2.18. The van der Waals surface area contributed by atoms with Crippen molar-refractivity contribution in [3.8, 4) is 23.0 Å². The molecule has 2 amide bonds. The van der Waals surface area contributed by atoms with Crippen LogP contribution >= 0.6 is 0 Å². The van der Waals surface area contributed by atoms with Gasteiger partial charge in [0.25, 0.3) is 0 Å². The van der Waals surface area contributed by atoms with Gasteiger partial charge in [0.2, 0.25) is 11.8 Å². The van der Waals surface area contributed by atoms with Gasteiger partial charge in [-0.25, -0.2) is 0 Å². The van der Waals surface area contributed by atoms with Crippen molar-refractivity contribution in [1.29, 1.82) is 0 Å². The number of benzene rings is 4. The van der Waals surface area contributed by atoms with Gasteiger partial charge < -0.3 is 29.4 Å². The molecule has 0 bridgehead atoms. The molecule has 4 aromatic carbocycles. The summed E-state index contributed by atoms with van der Waals surface area (Å²) in [6, 6.07) is 30.2. The molecule has 2 N–H and O–H groups in total. The van der Waals surface area contributed by atoms with Crippen LogP contribution in [0.4, 0.5) is 0 Å². The quantitative estimate of drug-likeness (QED) is 0.147. The van der Waals surface area contributed by atoms with Gasteiger partial charge in [0.15, 0.2) is 0 Å². The molecular formula is C40H40N2O9. The highest BCUT2D eigenvalue weighted by Gasteiger charge is 2.68.